The monoisotopic (exact) mass is 369 g/mol. The highest BCUT2D eigenvalue weighted by molar-refractivity contribution is 5.67. The predicted molar refractivity (Wildman–Crippen MR) is 76.4 cm³/mol. The molecule has 0 atom stereocenters. The van der Waals surface area contributed by atoms with Crippen LogP contribution in [-0.4, -0.2) is 39.0 Å². The van der Waals surface area contributed by atoms with Crippen LogP contribution >= 0.6 is 0 Å². The number of halogens is 6. The van der Waals surface area contributed by atoms with Crippen LogP contribution in [0.5, 0.6) is 0 Å². The highest BCUT2D eigenvalue weighted by Gasteiger charge is 2.35. The zero-order valence-corrected chi connectivity index (χ0v) is 12.8. The molecular weight excluding hydrogens is 356 g/mol. The molecule has 5 nitrogen and oxygen atoms in total. The lowest BCUT2D eigenvalue weighted by molar-refractivity contribution is -0.136. The third-order valence-corrected chi connectivity index (χ3v) is 2.98. The molecule has 0 bridgehead atoms. The van der Waals surface area contributed by atoms with Crippen molar-refractivity contribution in [1.29, 1.82) is 0 Å². The number of ether oxygens (including phenoxy) is 1. The van der Waals surface area contributed by atoms with Crippen molar-refractivity contribution in [2.45, 2.75) is 12.4 Å². The number of alkyl carbamates (subject to hydrolysis) is 1. The molecule has 0 heterocycles. The Hall–Kier alpha value is -2.64. The number of carbonyl (C=O) groups excluding carboxylic acids is 1. The number of alkyl halides is 6. The van der Waals surface area contributed by atoms with Gasteiger partial charge >= 0.3 is 18.4 Å². The van der Waals surface area contributed by atoms with Crippen molar-refractivity contribution in [3.8, 4) is 0 Å². The highest BCUT2D eigenvalue weighted by atomic mass is 19.4. The summed E-state index contributed by atoms with van der Waals surface area (Å²) in [5.41, 5.74) is -2.41. The Morgan fingerprint density at radius 2 is 1.92 bits per heavy atom. The van der Waals surface area contributed by atoms with Crippen LogP contribution in [0, 0.1) is 6.57 Å². The summed E-state index contributed by atoms with van der Waals surface area (Å²) in [5.74, 6) is 0. The lowest BCUT2D eigenvalue weighted by Gasteiger charge is -2.27. The van der Waals surface area contributed by atoms with Crippen LogP contribution in [0.25, 0.3) is 4.85 Å². The Balaban J connectivity index is 3.12. The molecule has 0 saturated heterocycles. The van der Waals surface area contributed by atoms with Crippen molar-refractivity contribution < 1.29 is 35.9 Å². The van der Waals surface area contributed by atoms with Crippen LogP contribution in [0.1, 0.15) is 5.56 Å². The summed E-state index contributed by atoms with van der Waals surface area (Å²) >= 11 is 0. The molecule has 11 heteroatoms. The molecule has 1 amide bonds. The van der Waals surface area contributed by atoms with Crippen LogP contribution in [-0.2, 0) is 10.9 Å². The number of hydrogen-bond donors (Lipinski definition) is 1. The fourth-order valence-corrected chi connectivity index (χ4v) is 1.93. The summed E-state index contributed by atoms with van der Waals surface area (Å²) in [6.07, 6.45) is -10.4. The lowest BCUT2D eigenvalue weighted by Crippen LogP contribution is -2.40. The van der Waals surface area contributed by atoms with E-state index in [1.165, 1.54) is 0 Å². The first-order valence-electron chi connectivity index (χ1n) is 6.70. The molecule has 0 spiro atoms. The van der Waals surface area contributed by atoms with Gasteiger partial charge in [0.05, 0.1) is 19.2 Å². The van der Waals surface area contributed by atoms with E-state index in [2.05, 4.69) is 14.9 Å². The molecule has 1 rings (SSSR count). The second-order valence-corrected chi connectivity index (χ2v) is 4.77. The van der Waals surface area contributed by atoms with Crippen LogP contribution in [0.2, 0.25) is 0 Å². The van der Waals surface area contributed by atoms with E-state index >= 15 is 0 Å². The van der Waals surface area contributed by atoms with Crippen LogP contribution in [0.4, 0.5) is 42.5 Å². The summed E-state index contributed by atoms with van der Waals surface area (Å²) in [7, 11) is 1.06. The first-order valence-corrected chi connectivity index (χ1v) is 6.70. The number of methoxy groups -OCH3 is 1. The molecule has 138 valence electrons. The smallest absolute Gasteiger partial charge is 0.407 e. The first-order chi connectivity index (χ1) is 11.5. The molecule has 0 aromatic heterocycles. The molecule has 25 heavy (non-hydrogen) atoms. The van der Waals surface area contributed by atoms with Crippen molar-refractivity contribution >= 4 is 17.5 Å². The molecule has 1 aromatic rings. The summed E-state index contributed by atoms with van der Waals surface area (Å²) in [4.78, 5) is 14.3. The molecule has 0 unspecified atom stereocenters. The van der Waals surface area contributed by atoms with E-state index in [1.54, 1.807) is 0 Å². The zero-order valence-electron chi connectivity index (χ0n) is 12.8. The molecule has 1 aromatic carbocycles. The van der Waals surface area contributed by atoms with Crippen molar-refractivity contribution in [2.75, 3.05) is 31.6 Å². The highest BCUT2D eigenvalue weighted by Crippen LogP contribution is 2.39. The normalized spacial score (nSPS) is 11.6. The van der Waals surface area contributed by atoms with Gasteiger partial charge in [-0.15, -0.1) is 0 Å². The average Bonchev–Trinajstić information content (AvgIpc) is 2.51. The molecule has 0 aliphatic heterocycles. The van der Waals surface area contributed by atoms with Crippen LogP contribution in [0.3, 0.4) is 0 Å². The van der Waals surface area contributed by atoms with E-state index < -0.39 is 42.8 Å². The van der Waals surface area contributed by atoms with E-state index in [-0.39, 0.29) is 12.2 Å². The first kappa shape index (κ1) is 20.4. The van der Waals surface area contributed by atoms with E-state index in [0.29, 0.717) is 11.0 Å². The molecule has 0 saturated carbocycles. The van der Waals surface area contributed by atoms with Gasteiger partial charge in [-0.25, -0.2) is 9.64 Å². The van der Waals surface area contributed by atoms with E-state index in [4.69, 9.17) is 6.57 Å². The Morgan fingerprint density at radius 1 is 1.28 bits per heavy atom. The maximum atomic E-state index is 13.0. The Labute approximate surface area is 139 Å². The quantitative estimate of drug-likeness (QED) is 0.631. The summed E-state index contributed by atoms with van der Waals surface area (Å²) in [6, 6.07) is 2.28. The van der Waals surface area contributed by atoms with Crippen molar-refractivity contribution in [3.05, 3.63) is 35.2 Å². The van der Waals surface area contributed by atoms with Gasteiger partial charge in [-0.05, 0) is 12.1 Å². The van der Waals surface area contributed by atoms with E-state index in [1.807, 2.05) is 0 Å². The van der Waals surface area contributed by atoms with Gasteiger partial charge in [-0.3, -0.25) is 0 Å². The molecule has 0 aliphatic carbocycles. The van der Waals surface area contributed by atoms with Gasteiger partial charge < -0.3 is 15.0 Å². The number of hydrogen-bond acceptors (Lipinski definition) is 3. The minimum Gasteiger partial charge on any atom is -0.453 e. The number of carbonyl (C=O) groups is 1. The van der Waals surface area contributed by atoms with Gasteiger partial charge in [-0.1, -0.05) is 6.07 Å². The SMILES string of the molecule is [C-]#[N+]c1ccc(N(CCNC(=O)OC)CC(F)(F)F)cc1C(F)(F)F. The van der Waals surface area contributed by atoms with E-state index in [9.17, 15) is 31.1 Å². The summed E-state index contributed by atoms with van der Waals surface area (Å²) in [5, 5.41) is 2.14. The van der Waals surface area contributed by atoms with Gasteiger partial charge in [0.15, 0.2) is 5.69 Å². The third-order valence-electron chi connectivity index (χ3n) is 2.98. The molecule has 0 fully saturated rings. The molecule has 0 aliphatic rings. The summed E-state index contributed by atoms with van der Waals surface area (Å²) in [6.45, 7) is 4.52. The summed E-state index contributed by atoms with van der Waals surface area (Å²) < 4.78 is 81.2. The fourth-order valence-electron chi connectivity index (χ4n) is 1.93. The maximum absolute atomic E-state index is 13.0. The number of nitrogens with one attached hydrogen (secondary N) is 1. The second kappa shape index (κ2) is 7.96. The predicted octanol–water partition coefficient (Wildman–Crippen LogP) is 3.98. The van der Waals surface area contributed by atoms with Crippen LogP contribution in [0.15, 0.2) is 18.2 Å². The second-order valence-electron chi connectivity index (χ2n) is 4.77. The minimum absolute atomic E-state index is 0.283. The molecular formula is C14H13F6N3O2. The van der Waals surface area contributed by atoms with Gasteiger partial charge in [0, 0.05) is 18.8 Å². The molecule has 0 radical (unpaired) electrons. The zero-order chi connectivity index (χ0) is 19.3. The Bertz CT molecular complexity index is 651. The number of rotatable bonds is 5. The van der Waals surface area contributed by atoms with Crippen molar-refractivity contribution in [3.63, 3.8) is 0 Å². The van der Waals surface area contributed by atoms with Crippen LogP contribution < -0.4 is 10.2 Å². The number of benzene rings is 1. The van der Waals surface area contributed by atoms with E-state index in [0.717, 1.165) is 19.2 Å². The minimum atomic E-state index is -4.88. The van der Waals surface area contributed by atoms with Gasteiger partial charge in [0.2, 0.25) is 0 Å². The van der Waals surface area contributed by atoms with Gasteiger partial charge in [0.25, 0.3) is 0 Å². The number of anilines is 1. The van der Waals surface area contributed by atoms with Crippen molar-refractivity contribution in [2.24, 2.45) is 0 Å². The molecule has 1 N–H and O–H groups in total. The third kappa shape index (κ3) is 6.40. The topological polar surface area (TPSA) is 45.9 Å². The van der Waals surface area contributed by atoms with Gasteiger partial charge in [-0.2, -0.15) is 26.3 Å². The van der Waals surface area contributed by atoms with Crippen molar-refractivity contribution in [1.82, 2.24) is 5.32 Å². The Morgan fingerprint density at radius 3 is 2.40 bits per heavy atom. The largest absolute Gasteiger partial charge is 0.453 e. The Kier molecular flexibility index (Phi) is 6.49. The van der Waals surface area contributed by atoms with Gasteiger partial charge in [0.1, 0.15) is 6.54 Å². The number of nitrogens with zero attached hydrogens (tertiary/aromatic N) is 2. The standard InChI is InChI=1S/C14H13F6N3O2/c1-21-11-4-3-9(7-10(11)14(18,19)20)23(8-13(15,16)17)6-5-22-12(24)25-2/h3-4,7H,5-6,8H2,2H3,(H,22,24). The maximum Gasteiger partial charge on any atom is 0.407 e. The lowest BCUT2D eigenvalue weighted by atomic mass is 10.1. The fraction of sp³-hybridized carbons (Fsp3) is 0.429. The average molecular weight is 369 g/mol. The number of amides is 1.